The molecule has 100 valence electrons. The summed E-state index contributed by atoms with van der Waals surface area (Å²) in [6.07, 6.45) is 0.274. The molecule has 0 radical (unpaired) electrons. The highest BCUT2D eigenvalue weighted by Gasteiger charge is 2.39. The maximum Gasteiger partial charge on any atom is 0.259 e. The highest BCUT2D eigenvalue weighted by atomic mass is 16.2. The molecule has 0 saturated heterocycles. The largest absolute Gasteiger partial charge is 0.298 e. The summed E-state index contributed by atoms with van der Waals surface area (Å²) in [5.74, 6) is -0.989. The van der Waals surface area contributed by atoms with E-state index in [1.54, 1.807) is 6.92 Å². The van der Waals surface area contributed by atoms with Crippen LogP contribution in [0.15, 0.2) is 35.4 Å². The topological polar surface area (TPSA) is 49.7 Å². The van der Waals surface area contributed by atoms with Crippen LogP contribution < -0.4 is 0 Å². The number of carbonyl (C=O) groups is 2. The third-order valence-corrected chi connectivity index (χ3v) is 3.19. The predicted octanol–water partition coefficient (Wildman–Crippen LogP) is 2.04. The molecule has 0 N–H and O–H groups in total. The average Bonchev–Trinajstić information content (AvgIpc) is 2.66. The van der Waals surface area contributed by atoms with Gasteiger partial charge in [-0.3, -0.25) is 9.59 Å². The van der Waals surface area contributed by atoms with Gasteiger partial charge in [-0.15, -0.1) is 0 Å². The Bertz CT molecular complexity index is 520. The van der Waals surface area contributed by atoms with E-state index in [0.29, 0.717) is 5.71 Å². The van der Waals surface area contributed by atoms with Crippen LogP contribution in [0.5, 0.6) is 0 Å². The van der Waals surface area contributed by atoms with Crippen molar-refractivity contribution in [2.24, 2.45) is 11.0 Å². The minimum absolute atomic E-state index is 0.0167. The van der Waals surface area contributed by atoms with Crippen molar-refractivity contribution >= 4 is 17.4 Å². The minimum Gasteiger partial charge on any atom is -0.298 e. The van der Waals surface area contributed by atoms with Crippen LogP contribution in [0, 0.1) is 5.92 Å². The summed E-state index contributed by atoms with van der Waals surface area (Å²) in [4.78, 5) is 24.5. The van der Waals surface area contributed by atoms with E-state index in [2.05, 4.69) is 5.10 Å². The van der Waals surface area contributed by atoms with Crippen LogP contribution in [0.4, 0.5) is 0 Å². The van der Waals surface area contributed by atoms with E-state index >= 15 is 0 Å². The lowest BCUT2D eigenvalue weighted by Crippen LogP contribution is -2.36. The Balaban J connectivity index is 2.13. The second kappa shape index (κ2) is 5.34. The third-order valence-electron chi connectivity index (χ3n) is 3.19. The molecule has 19 heavy (non-hydrogen) atoms. The molecule has 0 spiro atoms. The molecule has 4 heteroatoms. The fourth-order valence-corrected chi connectivity index (χ4v) is 2.23. The molecule has 0 bridgehead atoms. The number of hydrogen-bond donors (Lipinski definition) is 0. The standard InChI is InChI=1S/C15H18N2O2/c1-10(2)17-15(19)14(11(3)16-17)13(18)9-12-7-5-4-6-8-12/h4-8,10,14H,9H2,1-3H3. The summed E-state index contributed by atoms with van der Waals surface area (Å²) < 4.78 is 0. The normalized spacial score (nSPS) is 18.9. The second-order valence-electron chi connectivity index (χ2n) is 5.08. The van der Waals surface area contributed by atoms with E-state index in [-0.39, 0.29) is 24.2 Å². The van der Waals surface area contributed by atoms with Crippen LogP contribution in [0.1, 0.15) is 26.3 Å². The molecule has 4 nitrogen and oxygen atoms in total. The number of ketones is 1. The number of hydrazone groups is 1. The number of benzene rings is 1. The van der Waals surface area contributed by atoms with Crippen LogP contribution in [-0.4, -0.2) is 28.5 Å². The van der Waals surface area contributed by atoms with Gasteiger partial charge in [-0.1, -0.05) is 30.3 Å². The van der Waals surface area contributed by atoms with E-state index in [1.807, 2.05) is 44.2 Å². The van der Waals surface area contributed by atoms with Crippen molar-refractivity contribution in [2.45, 2.75) is 33.2 Å². The van der Waals surface area contributed by atoms with Crippen molar-refractivity contribution in [3.63, 3.8) is 0 Å². The molecule has 1 aromatic carbocycles. The Hall–Kier alpha value is -1.97. The van der Waals surface area contributed by atoms with Gasteiger partial charge in [0.05, 0.1) is 5.71 Å². The molecule has 0 aliphatic carbocycles. The van der Waals surface area contributed by atoms with Gasteiger partial charge in [0.25, 0.3) is 5.91 Å². The van der Waals surface area contributed by atoms with Gasteiger partial charge in [0.2, 0.25) is 0 Å². The lowest BCUT2D eigenvalue weighted by atomic mass is 9.94. The monoisotopic (exact) mass is 258 g/mol. The van der Waals surface area contributed by atoms with Gasteiger partial charge in [0, 0.05) is 12.5 Å². The summed E-state index contributed by atoms with van der Waals surface area (Å²) >= 11 is 0. The number of Topliss-reactive ketones (excluding diaryl/α,β-unsaturated/α-hetero) is 1. The van der Waals surface area contributed by atoms with Crippen LogP contribution in [0.25, 0.3) is 0 Å². The summed E-state index contributed by atoms with van der Waals surface area (Å²) in [5.41, 5.74) is 1.52. The minimum atomic E-state index is -0.706. The summed E-state index contributed by atoms with van der Waals surface area (Å²) in [6, 6.07) is 9.45. The van der Waals surface area contributed by atoms with Crippen LogP contribution in [-0.2, 0) is 16.0 Å². The highest BCUT2D eigenvalue weighted by Crippen LogP contribution is 2.20. The Kier molecular flexibility index (Phi) is 3.79. The Morgan fingerprint density at radius 2 is 1.95 bits per heavy atom. The molecule has 0 fully saturated rings. The lowest BCUT2D eigenvalue weighted by molar-refractivity contribution is -0.137. The van der Waals surface area contributed by atoms with E-state index in [9.17, 15) is 9.59 Å². The molecule has 0 aromatic heterocycles. The zero-order valence-corrected chi connectivity index (χ0v) is 11.5. The molecule has 1 atom stereocenters. The molecule has 1 heterocycles. The van der Waals surface area contributed by atoms with Crippen molar-refractivity contribution in [1.29, 1.82) is 0 Å². The molecular weight excluding hydrogens is 240 g/mol. The van der Waals surface area contributed by atoms with Crippen molar-refractivity contribution in [1.82, 2.24) is 5.01 Å². The molecular formula is C15H18N2O2. The molecule has 1 aromatic rings. The van der Waals surface area contributed by atoms with Crippen molar-refractivity contribution in [3.8, 4) is 0 Å². The first-order valence-electron chi connectivity index (χ1n) is 6.45. The van der Waals surface area contributed by atoms with Crippen LogP contribution >= 0.6 is 0 Å². The van der Waals surface area contributed by atoms with Gasteiger partial charge >= 0.3 is 0 Å². The first kappa shape index (κ1) is 13.5. The number of hydrogen-bond acceptors (Lipinski definition) is 3. The fourth-order valence-electron chi connectivity index (χ4n) is 2.23. The molecule has 1 aliphatic rings. The third kappa shape index (κ3) is 2.72. The molecule has 2 rings (SSSR count). The zero-order valence-electron chi connectivity index (χ0n) is 11.5. The van der Waals surface area contributed by atoms with Crippen molar-refractivity contribution in [2.75, 3.05) is 0 Å². The SMILES string of the molecule is CC1=NN(C(C)C)C(=O)C1C(=O)Cc1ccccc1. The van der Waals surface area contributed by atoms with E-state index < -0.39 is 5.92 Å². The summed E-state index contributed by atoms with van der Waals surface area (Å²) in [6.45, 7) is 5.52. The van der Waals surface area contributed by atoms with Crippen molar-refractivity contribution < 1.29 is 9.59 Å². The van der Waals surface area contributed by atoms with Gasteiger partial charge < -0.3 is 0 Å². The van der Waals surface area contributed by atoms with E-state index in [0.717, 1.165) is 5.56 Å². The quantitative estimate of drug-likeness (QED) is 0.776. The number of nitrogens with zero attached hydrogens (tertiary/aromatic N) is 2. The summed E-state index contributed by atoms with van der Waals surface area (Å²) in [5, 5.41) is 5.60. The summed E-state index contributed by atoms with van der Waals surface area (Å²) in [7, 11) is 0. The number of rotatable bonds is 4. The van der Waals surface area contributed by atoms with Crippen LogP contribution in [0.2, 0.25) is 0 Å². The predicted molar refractivity (Wildman–Crippen MR) is 73.7 cm³/mol. The van der Waals surface area contributed by atoms with Crippen LogP contribution in [0.3, 0.4) is 0 Å². The molecule has 1 amide bonds. The average molecular weight is 258 g/mol. The Morgan fingerprint density at radius 1 is 1.32 bits per heavy atom. The first-order chi connectivity index (χ1) is 9.00. The van der Waals surface area contributed by atoms with E-state index in [4.69, 9.17) is 0 Å². The molecule has 1 aliphatic heterocycles. The van der Waals surface area contributed by atoms with Gasteiger partial charge in [-0.2, -0.15) is 5.10 Å². The Morgan fingerprint density at radius 3 is 2.47 bits per heavy atom. The zero-order chi connectivity index (χ0) is 14.0. The maximum absolute atomic E-state index is 12.3. The number of carbonyl (C=O) groups excluding carboxylic acids is 2. The highest BCUT2D eigenvalue weighted by molar-refractivity contribution is 6.22. The molecule has 1 unspecified atom stereocenters. The smallest absolute Gasteiger partial charge is 0.259 e. The number of amides is 1. The Labute approximate surface area is 113 Å². The fraction of sp³-hybridized carbons (Fsp3) is 0.400. The van der Waals surface area contributed by atoms with Crippen molar-refractivity contribution in [3.05, 3.63) is 35.9 Å². The van der Waals surface area contributed by atoms with Gasteiger partial charge in [-0.05, 0) is 26.3 Å². The molecule has 0 saturated carbocycles. The maximum atomic E-state index is 12.3. The second-order valence-corrected chi connectivity index (χ2v) is 5.08. The van der Waals surface area contributed by atoms with Gasteiger partial charge in [-0.25, -0.2) is 5.01 Å². The van der Waals surface area contributed by atoms with E-state index in [1.165, 1.54) is 5.01 Å². The van der Waals surface area contributed by atoms with Gasteiger partial charge in [0.15, 0.2) is 5.78 Å². The van der Waals surface area contributed by atoms with Gasteiger partial charge in [0.1, 0.15) is 5.92 Å². The lowest BCUT2D eigenvalue weighted by Gasteiger charge is -2.17. The first-order valence-corrected chi connectivity index (χ1v) is 6.45.